The van der Waals surface area contributed by atoms with Gasteiger partial charge in [0, 0.05) is 13.3 Å². The first-order valence-corrected chi connectivity index (χ1v) is 5.41. The van der Waals surface area contributed by atoms with Gasteiger partial charge in [-0.15, -0.1) is 0 Å². The van der Waals surface area contributed by atoms with Crippen molar-refractivity contribution < 1.29 is 9.84 Å². The number of methoxy groups -OCH3 is 1. The highest BCUT2D eigenvalue weighted by Crippen LogP contribution is 2.20. The van der Waals surface area contributed by atoms with E-state index >= 15 is 0 Å². The quantitative estimate of drug-likeness (QED) is 0.759. The van der Waals surface area contributed by atoms with Gasteiger partial charge in [-0.2, -0.15) is 0 Å². The molecular formula is C10H18N2O2S. The predicted molar refractivity (Wildman–Crippen MR) is 61.3 cm³/mol. The molecule has 0 spiro atoms. The minimum Gasteiger partial charge on any atom is -0.390 e. The molecule has 1 rings (SSSR count). The third kappa shape index (κ3) is 2.68. The van der Waals surface area contributed by atoms with Gasteiger partial charge in [0.25, 0.3) is 0 Å². The summed E-state index contributed by atoms with van der Waals surface area (Å²) < 4.78 is 7.75. The van der Waals surface area contributed by atoms with Crippen molar-refractivity contribution in [1.82, 2.24) is 9.55 Å². The van der Waals surface area contributed by atoms with Crippen LogP contribution in [0, 0.1) is 10.7 Å². The van der Waals surface area contributed by atoms with Crippen LogP contribution < -0.4 is 0 Å². The van der Waals surface area contributed by atoms with E-state index in [-0.39, 0.29) is 12.6 Å². The SMILES string of the molecule is COCC(C(C)C)n1c(CO)c[nH]c1=S. The number of aromatic nitrogens is 2. The summed E-state index contributed by atoms with van der Waals surface area (Å²) in [6.07, 6.45) is 1.74. The number of hydrogen-bond acceptors (Lipinski definition) is 3. The number of imidazole rings is 1. The molecule has 0 fully saturated rings. The lowest BCUT2D eigenvalue weighted by Crippen LogP contribution is -2.22. The minimum atomic E-state index is -0.0138. The van der Waals surface area contributed by atoms with Gasteiger partial charge in [-0.25, -0.2) is 0 Å². The first-order valence-electron chi connectivity index (χ1n) is 5.00. The summed E-state index contributed by atoms with van der Waals surface area (Å²) in [5, 5.41) is 9.20. The van der Waals surface area contributed by atoms with Crippen LogP contribution in [-0.2, 0) is 11.3 Å². The fourth-order valence-electron chi connectivity index (χ4n) is 1.64. The Morgan fingerprint density at radius 3 is 2.73 bits per heavy atom. The molecule has 5 heteroatoms. The Labute approximate surface area is 94.9 Å². The van der Waals surface area contributed by atoms with Crippen molar-refractivity contribution in [1.29, 1.82) is 0 Å². The molecule has 1 aromatic heterocycles. The average molecular weight is 230 g/mol. The number of aliphatic hydroxyl groups is 1. The highest BCUT2D eigenvalue weighted by Gasteiger charge is 2.18. The second kappa shape index (κ2) is 5.44. The first-order chi connectivity index (χ1) is 7.11. The van der Waals surface area contributed by atoms with Crippen LogP contribution in [0.1, 0.15) is 25.6 Å². The van der Waals surface area contributed by atoms with Gasteiger partial charge in [0.05, 0.1) is 24.9 Å². The van der Waals surface area contributed by atoms with Gasteiger partial charge in [-0.1, -0.05) is 13.8 Å². The van der Waals surface area contributed by atoms with E-state index in [9.17, 15) is 5.11 Å². The molecular weight excluding hydrogens is 212 g/mol. The Balaban J connectivity index is 3.09. The Morgan fingerprint density at radius 2 is 2.27 bits per heavy atom. The molecule has 0 aliphatic carbocycles. The first kappa shape index (κ1) is 12.4. The summed E-state index contributed by atoms with van der Waals surface area (Å²) >= 11 is 5.19. The number of aliphatic hydroxyl groups excluding tert-OH is 1. The second-order valence-corrected chi connectivity index (χ2v) is 4.27. The second-order valence-electron chi connectivity index (χ2n) is 3.88. The molecule has 1 aromatic rings. The lowest BCUT2D eigenvalue weighted by Gasteiger charge is -2.23. The van der Waals surface area contributed by atoms with Crippen molar-refractivity contribution in [3.05, 3.63) is 16.7 Å². The van der Waals surface area contributed by atoms with E-state index in [1.165, 1.54) is 0 Å². The third-order valence-corrected chi connectivity index (χ3v) is 2.81. The van der Waals surface area contributed by atoms with Gasteiger partial charge in [-0.3, -0.25) is 0 Å². The monoisotopic (exact) mass is 230 g/mol. The van der Waals surface area contributed by atoms with Gasteiger partial charge >= 0.3 is 0 Å². The van der Waals surface area contributed by atoms with Crippen molar-refractivity contribution >= 4 is 12.2 Å². The molecule has 2 N–H and O–H groups in total. The predicted octanol–water partition coefficient (Wildman–Crippen LogP) is 1.88. The summed E-state index contributed by atoms with van der Waals surface area (Å²) in [5.74, 6) is 0.401. The molecule has 0 aliphatic rings. The maximum atomic E-state index is 9.20. The summed E-state index contributed by atoms with van der Waals surface area (Å²) in [6.45, 7) is 4.80. The van der Waals surface area contributed by atoms with Crippen LogP contribution in [0.2, 0.25) is 0 Å². The van der Waals surface area contributed by atoms with Gasteiger partial charge in [0.2, 0.25) is 0 Å². The number of nitrogens with one attached hydrogen (secondary N) is 1. The molecule has 0 radical (unpaired) electrons. The molecule has 1 heterocycles. The van der Waals surface area contributed by atoms with E-state index in [1.807, 2.05) is 4.57 Å². The van der Waals surface area contributed by atoms with Crippen LogP contribution in [-0.4, -0.2) is 28.4 Å². The molecule has 86 valence electrons. The van der Waals surface area contributed by atoms with Crippen molar-refractivity contribution in [3.63, 3.8) is 0 Å². The maximum Gasteiger partial charge on any atom is 0.177 e. The smallest absolute Gasteiger partial charge is 0.177 e. The average Bonchev–Trinajstić information content (AvgIpc) is 2.55. The number of H-pyrrole nitrogens is 1. The van der Waals surface area contributed by atoms with Crippen LogP contribution in [0.4, 0.5) is 0 Å². The number of ether oxygens (including phenoxy) is 1. The van der Waals surface area contributed by atoms with Crippen molar-refractivity contribution in [3.8, 4) is 0 Å². The third-order valence-electron chi connectivity index (χ3n) is 2.49. The summed E-state index contributed by atoms with van der Waals surface area (Å²) in [7, 11) is 1.67. The lowest BCUT2D eigenvalue weighted by atomic mass is 10.1. The molecule has 0 amide bonds. The zero-order valence-electron chi connectivity index (χ0n) is 9.36. The highest BCUT2D eigenvalue weighted by atomic mass is 32.1. The Bertz CT molecular complexity index is 357. The van der Waals surface area contributed by atoms with Gasteiger partial charge in [0.1, 0.15) is 0 Å². The zero-order valence-corrected chi connectivity index (χ0v) is 10.2. The molecule has 0 aliphatic heterocycles. The standard InChI is InChI=1S/C10H18N2O2S/c1-7(2)9(6-14-3)12-8(5-13)4-11-10(12)15/h4,7,9,13H,5-6H2,1-3H3,(H,11,15). The number of hydrogen-bond donors (Lipinski definition) is 2. The highest BCUT2D eigenvalue weighted by molar-refractivity contribution is 7.71. The van der Waals surface area contributed by atoms with Crippen LogP contribution in [0.5, 0.6) is 0 Å². The Morgan fingerprint density at radius 1 is 1.60 bits per heavy atom. The number of aromatic amines is 1. The van der Waals surface area contributed by atoms with Crippen molar-refractivity contribution in [2.45, 2.75) is 26.5 Å². The van der Waals surface area contributed by atoms with E-state index < -0.39 is 0 Å². The van der Waals surface area contributed by atoms with Crippen LogP contribution in [0.25, 0.3) is 0 Å². The van der Waals surface area contributed by atoms with E-state index in [2.05, 4.69) is 18.8 Å². The summed E-state index contributed by atoms with van der Waals surface area (Å²) in [6, 6.07) is 0.163. The molecule has 4 nitrogen and oxygen atoms in total. The Kier molecular flexibility index (Phi) is 4.50. The molecule has 1 unspecified atom stereocenters. The molecule has 0 saturated carbocycles. The molecule has 15 heavy (non-hydrogen) atoms. The normalized spacial score (nSPS) is 13.4. The van der Waals surface area contributed by atoms with Crippen molar-refractivity contribution in [2.75, 3.05) is 13.7 Å². The molecule has 0 bridgehead atoms. The molecule has 1 atom stereocenters. The zero-order chi connectivity index (χ0) is 11.4. The van der Waals surface area contributed by atoms with Gasteiger partial charge in [0.15, 0.2) is 4.77 Å². The van der Waals surface area contributed by atoms with E-state index in [4.69, 9.17) is 17.0 Å². The van der Waals surface area contributed by atoms with Gasteiger partial charge < -0.3 is 19.4 Å². The van der Waals surface area contributed by atoms with E-state index in [0.717, 1.165) is 5.69 Å². The van der Waals surface area contributed by atoms with Crippen LogP contribution in [0.3, 0.4) is 0 Å². The fraction of sp³-hybridized carbons (Fsp3) is 0.700. The van der Waals surface area contributed by atoms with E-state index in [1.54, 1.807) is 13.3 Å². The maximum absolute atomic E-state index is 9.20. The fourth-order valence-corrected chi connectivity index (χ4v) is 1.95. The summed E-state index contributed by atoms with van der Waals surface area (Å²) in [4.78, 5) is 2.94. The topological polar surface area (TPSA) is 50.2 Å². The number of nitrogens with zero attached hydrogens (tertiary/aromatic N) is 1. The van der Waals surface area contributed by atoms with Gasteiger partial charge in [-0.05, 0) is 18.1 Å². The minimum absolute atomic E-state index is 0.0138. The Hall–Kier alpha value is -0.650. The van der Waals surface area contributed by atoms with Crippen LogP contribution >= 0.6 is 12.2 Å². The van der Waals surface area contributed by atoms with E-state index in [0.29, 0.717) is 17.3 Å². The summed E-state index contributed by atoms with van der Waals surface area (Å²) in [5.41, 5.74) is 0.802. The molecule has 0 aromatic carbocycles. The molecule has 0 saturated heterocycles. The van der Waals surface area contributed by atoms with Crippen LogP contribution in [0.15, 0.2) is 6.20 Å². The largest absolute Gasteiger partial charge is 0.390 e. The number of rotatable bonds is 5. The lowest BCUT2D eigenvalue weighted by molar-refractivity contribution is 0.128. The van der Waals surface area contributed by atoms with Crippen molar-refractivity contribution in [2.24, 2.45) is 5.92 Å².